The number of phenols is 1. The fourth-order valence-electron chi connectivity index (χ4n) is 2.68. The van der Waals surface area contributed by atoms with E-state index in [1.807, 2.05) is 33.8 Å². The fraction of sp³-hybridized carbons (Fsp3) is 0.588. The maximum atomic E-state index is 12.1. The molecule has 1 fully saturated rings. The zero-order chi connectivity index (χ0) is 18.1. The summed E-state index contributed by atoms with van der Waals surface area (Å²) in [6.07, 6.45) is 0.0564. The highest BCUT2D eigenvalue weighted by Gasteiger charge is 2.55. The Bertz CT molecular complexity index is 581. The van der Waals surface area contributed by atoms with E-state index in [1.54, 1.807) is 19.1 Å². The van der Waals surface area contributed by atoms with E-state index in [-0.39, 0.29) is 18.1 Å². The van der Waals surface area contributed by atoms with Crippen LogP contribution in [0.3, 0.4) is 0 Å². The smallest absolute Gasteiger partial charge is 0.466 e. The second kappa shape index (κ2) is 7.06. The first kappa shape index (κ1) is 19.3. The molecule has 0 saturated carbocycles. The van der Waals surface area contributed by atoms with Gasteiger partial charge < -0.3 is 19.2 Å². The second-order valence-corrected chi connectivity index (χ2v) is 7.77. The molecule has 0 aromatic heterocycles. The van der Waals surface area contributed by atoms with Gasteiger partial charge in [0.15, 0.2) is 0 Å². The van der Waals surface area contributed by atoms with Crippen molar-refractivity contribution < 1.29 is 23.9 Å². The second-order valence-electron chi connectivity index (χ2n) is 6.91. The Labute approximate surface area is 151 Å². The largest absolute Gasteiger partial charge is 0.508 e. The van der Waals surface area contributed by atoms with Gasteiger partial charge in [-0.25, -0.2) is 0 Å². The Balaban J connectivity index is 2.40. The minimum atomic E-state index is -0.663. The predicted octanol–water partition coefficient (Wildman–Crippen LogP) is 3.82. The fourth-order valence-corrected chi connectivity index (χ4v) is 3.33. The molecule has 24 heavy (non-hydrogen) atoms. The number of carbonyl (C=O) groups excluding carboxylic acids is 1. The van der Waals surface area contributed by atoms with Gasteiger partial charge in [-0.05, 0) is 46.8 Å². The van der Waals surface area contributed by atoms with Crippen LogP contribution < -0.4 is 0 Å². The molecule has 1 aromatic rings. The highest BCUT2D eigenvalue weighted by atomic mass is 79.9. The average Bonchev–Trinajstić information content (AvgIpc) is 2.66. The van der Waals surface area contributed by atoms with Crippen LogP contribution in [0.2, 0.25) is 0 Å². The van der Waals surface area contributed by atoms with Gasteiger partial charge in [-0.1, -0.05) is 22.0 Å². The molecular formula is C17H24BBrO5. The summed E-state index contributed by atoms with van der Waals surface area (Å²) in [6, 6.07) is 5.14. The molecule has 2 rings (SSSR count). The van der Waals surface area contributed by atoms with Gasteiger partial charge in [-0.15, -0.1) is 0 Å². The van der Waals surface area contributed by atoms with Crippen molar-refractivity contribution in [2.75, 3.05) is 6.61 Å². The molecule has 1 N–H and O–H groups in total. The molecule has 0 spiro atoms. The number of benzene rings is 1. The van der Waals surface area contributed by atoms with Gasteiger partial charge in [0.05, 0.1) is 24.2 Å². The van der Waals surface area contributed by atoms with E-state index >= 15 is 0 Å². The van der Waals surface area contributed by atoms with Gasteiger partial charge in [0.2, 0.25) is 0 Å². The molecule has 1 unspecified atom stereocenters. The molecule has 7 heteroatoms. The van der Waals surface area contributed by atoms with Crippen LogP contribution in [-0.2, 0) is 18.8 Å². The van der Waals surface area contributed by atoms with E-state index in [9.17, 15) is 9.90 Å². The quantitative estimate of drug-likeness (QED) is 0.603. The number of carbonyl (C=O) groups is 1. The van der Waals surface area contributed by atoms with Gasteiger partial charge in [0.1, 0.15) is 5.75 Å². The van der Waals surface area contributed by atoms with E-state index in [0.29, 0.717) is 16.6 Å². The number of hydrogen-bond donors (Lipinski definition) is 1. The number of rotatable bonds is 5. The molecule has 1 aromatic carbocycles. The maximum absolute atomic E-state index is 12.1. The molecule has 1 saturated heterocycles. The summed E-state index contributed by atoms with van der Waals surface area (Å²) in [7, 11) is -0.663. The highest BCUT2D eigenvalue weighted by Crippen LogP contribution is 2.45. The standard InChI is InChI=1S/C17H24BBrO5/c1-6-22-14(21)10-11(15-12(19)8-7-9-13(15)20)18-23-16(2,3)17(4,5)24-18/h7-9,11,20H,6,10H2,1-5H3. The van der Waals surface area contributed by atoms with Crippen LogP contribution >= 0.6 is 15.9 Å². The number of esters is 1. The molecule has 0 amide bonds. The lowest BCUT2D eigenvalue weighted by molar-refractivity contribution is -0.143. The summed E-state index contributed by atoms with van der Waals surface area (Å²) < 4.78 is 18.0. The predicted molar refractivity (Wildman–Crippen MR) is 95.9 cm³/mol. The van der Waals surface area contributed by atoms with Crippen molar-refractivity contribution in [2.24, 2.45) is 0 Å². The summed E-state index contributed by atoms with van der Waals surface area (Å²) in [5.74, 6) is -0.749. The summed E-state index contributed by atoms with van der Waals surface area (Å²) >= 11 is 3.46. The Hall–Kier alpha value is -1.05. The normalized spacial score (nSPS) is 20.0. The highest BCUT2D eigenvalue weighted by molar-refractivity contribution is 9.10. The van der Waals surface area contributed by atoms with Gasteiger partial charge >= 0.3 is 13.1 Å². The first-order chi connectivity index (χ1) is 11.1. The monoisotopic (exact) mass is 398 g/mol. The lowest BCUT2D eigenvalue weighted by Gasteiger charge is -2.32. The number of aromatic hydroxyl groups is 1. The summed E-state index contributed by atoms with van der Waals surface area (Å²) in [4.78, 5) is 12.1. The van der Waals surface area contributed by atoms with Crippen molar-refractivity contribution >= 4 is 29.0 Å². The molecule has 0 bridgehead atoms. The van der Waals surface area contributed by atoms with Crippen molar-refractivity contribution in [3.05, 3.63) is 28.2 Å². The lowest BCUT2D eigenvalue weighted by atomic mass is 9.66. The molecule has 1 aliphatic rings. The molecule has 1 aliphatic heterocycles. The molecule has 0 aliphatic carbocycles. The summed E-state index contributed by atoms with van der Waals surface area (Å²) in [6.45, 7) is 9.87. The van der Waals surface area contributed by atoms with Crippen LogP contribution in [0.4, 0.5) is 0 Å². The molecule has 1 heterocycles. The SMILES string of the molecule is CCOC(=O)CC(B1OC(C)(C)C(C)(C)O1)c1c(O)cccc1Br. The minimum Gasteiger partial charge on any atom is -0.508 e. The van der Waals surface area contributed by atoms with E-state index in [0.717, 1.165) is 0 Å². The van der Waals surface area contributed by atoms with Crippen LogP contribution in [0.1, 0.15) is 52.4 Å². The maximum Gasteiger partial charge on any atom is 0.466 e. The van der Waals surface area contributed by atoms with Crippen LogP contribution in [0.15, 0.2) is 22.7 Å². The molecule has 0 radical (unpaired) electrons. The third-order valence-corrected chi connectivity index (χ3v) is 5.38. The average molecular weight is 399 g/mol. The first-order valence-corrected chi connectivity index (χ1v) is 8.87. The topological polar surface area (TPSA) is 65.0 Å². The van der Waals surface area contributed by atoms with Gasteiger partial charge in [-0.2, -0.15) is 0 Å². The Morgan fingerprint density at radius 3 is 2.38 bits per heavy atom. The van der Waals surface area contributed by atoms with Crippen molar-refractivity contribution in [3.63, 3.8) is 0 Å². The minimum absolute atomic E-state index is 0.0564. The number of halogens is 1. The van der Waals surface area contributed by atoms with Crippen LogP contribution in [0, 0.1) is 0 Å². The zero-order valence-electron chi connectivity index (χ0n) is 14.8. The van der Waals surface area contributed by atoms with Crippen molar-refractivity contribution in [1.29, 1.82) is 0 Å². The molecule has 1 atom stereocenters. The summed E-state index contributed by atoms with van der Waals surface area (Å²) in [5, 5.41) is 10.3. The van der Waals surface area contributed by atoms with Crippen molar-refractivity contribution in [2.45, 2.75) is 58.1 Å². The Kier molecular flexibility index (Phi) is 5.67. The molecular weight excluding hydrogens is 375 g/mol. The Morgan fingerprint density at radius 1 is 1.29 bits per heavy atom. The first-order valence-electron chi connectivity index (χ1n) is 8.07. The van der Waals surface area contributed by atoms with E-state index in [2.05, 4.69) is 15.9 Å². The van der Waals surface area contributed by atoms with Gasteiger partial charge in [0.25, 0.3) is 0 Å². The molecule has 5 nitrogen and oxygen atoms in total. The lowest BCUT2D eigenvalue weighted by Crippen LogP contribution is -2.41. The Morgan fingerprint density at radius 2 is 1.88 bits per heavy atom. The third kappa shape index (κ3) is 3.78. The van der Waals surface area contributed by atoms with Crippen LogP contribution in [-0.4, -0.2) is 36.0 Å². The van der Waals surface area contributed by atoms with E-state index in [1.165, 1.54) is 0 Å². The number of hydrogen-bond acceptors (Lipinski definition) is 5. The van der Waals surface area contributed by atoms with E-state index in [4.69, 9.17) is 14.0 Å². The van der Waals surface area contributed by atoms with Crippen molar-refractivity contribution in [3.8, 4) is 5.75 Å². The summed E-state index contributed by atoms with van der Waals surface area (Å²) in [5.41, 5.74) is -0.466. The van der Waals surface area contributed by atoms with Crippen molar-refractivity contribution in [1.82, 2.24) is 0 Å². The third-order valence-electron chi connectivity index (χ3n) is 4.69. The van der Waals surface area contributed by atoms with Crippen LogP contribution in [0.25, 0.3) is 0 Å². The number of ether oxygens (including phenoxy) is 1. The zero-order valence-corrected chi connectivity index (χ0v) is 16.3. The van der Waals surface area contributed by atoms with E-state index < -0.39 is 24.1 Å². The van der Waals surface area contributed by atoms with Gasteiger partial charge in [-0.3, -0.25) is 4.79 Å². The molecule has 132 valence electrons. The van der Waals surface area contributed by atoms with Crippen LogP contribution in [0.5, 0.6) is 5.75 Å². The number of phenolic OH excluding ortho intramolecular Hbond substituents is 1. The van der Waals surface area contributed by atoms with Gasteiger partial charge in [0, 0.05) is 15.9 Å².